The van der Waals surface area contributed by atoms with Crippen molar-refractivity contribution in [2.45, 2.75) is 26.8 Å². The van der Waals surface area contributed by atoms with E-state index in [4.69, 9.17) is 0 Å². The first-order chi connectivity index (χ1) is 9.51. The Hall–Kier alpha value is -2.17. The Balaban J connectivity index is 2.25. The lowest BCUT2D eigenvalue weighted by atomic mass is 10.1. The average Bonchev–Trinajstić information content (AvgIpc) is 2.43. The number of aromatic nitrogens is 2. The second-order valence-electron chi connectivity index (χ2n) is 4.76. The van der Waals surface area contributed by atoms with Crippen molar-refractivity contribution in [3.05, 3.63) is 47.0 Å². The third-order valence-electron chi connectivity index (χ3n) is 3.22. The highest BCUT2D eigenvalue weighted by Crippen LogP contribution is 2.24. The summed E-state index contributed by atoms with van der Waals surface area (Å²) in [6.45, 7) is 5.84. The summed E-state index contributed by atoms with van der Waals surface area (Å²) in [6.07, 6.45) is 0. The van der Waals surface area contributed by atoms with Gasteiger partial charge in [0.2, 0.25) is 0 Å². The number of halogens is 1. The zero-order valence-electron chi connectivity index (χ0n) is 12.2. The van der Waals surface area contributed by atoms with Crippen LogP contribution in [0.4, 0.5) is 16.0 Å². The Morgan fingerprint density at radius 3 is 2.25 bits per heavy atom. The first-order valence-corrected chi connectivity index (χ1v) is 6.56. The molecule has 0 aliphatic heterocycles. The maximum atomic E-state index is 12.9. The summed E-state index contributed by atoms with van der Waals surface area (Å²) < 4.78 is 12.9. The van der Waals surface area contributed by atoms with Crippen LogP contribution in [0.3, 0.4) is 0 Å². The van der Waals surface area contributed by atoms with Gasteiger partial charge in [0, 0.05) is 18.7 Å². The molecule has 0 fully saturated rings. The van der Waals surface area contributed by atoms with Gasteiger partial charge in [0.25, 0.3) is 0 Å². The van der Waals surface area contributed by atoms with Crippen LogP contribution in [0.15, 0.2) is 24.3 Å². The van der Waals surface area contributed by atoms with E-state index in [0.717, 1.165) is 22.8 Å². The zero-order chi connectivity index (χ0) is 14.7. The molecule has 1 heterocycles. The molecule has 0 saturated carbocycles. The lowest BCUT2D eigenvalue weighted by Gasteiger charge is -2.18. The van der Waals surface area contributed by atoms with Crippen molar-refractivity contribution in [2.24, 2.45) is 0 Å². The minimum Gasteiger partial charge on any atom is -0.373 e. The van der Waals surface area contributed by atoms with E-state index in [1.807, 2.05) is 27.8 Å². The predicted octanol–water partition coefficient (Wildman–Crippen LogP) is 3.45. The molecule has 0 amide bonds. The van der Waals surface area contributed by atoms with Crippen LogP contribution >= 0.6 is 0 Å². The van der Waals surface area contributed by atoms with E-state index >= 15 is 0 Å². The fourth-order valence-corrected chi connectivity index (χ4v) is 2.05. The number of nitrogens with one attached hydrogen (secondary N) is 2. The van der Waals surface area contributed by atoms with Crippen molar-refractivity contribution in [2.75, 3.05) is 17.7 Å². The highest BCUT2D eigenvalue weighted by molar-refractivity contribution is 5.57. The number of rotatable bonds is 4. The van der Waals surface area contributed by atoms with Gasteiger partial charge in [-0.25, -0.2) is 14.4 Å². The number of hydrogen-bond acceptors (Lipinski definition) is 4. The van der Waals surface area contributed by atoms with Gasteiger partial charge in [-0.2, -0.15) is 0 Å². The van der Waals surface area contributed by atoms with Gasteiger partial charge in [-0.3, -0.25) is 0 Å². The molecule has 0 aliphatic rings. The number of nitrogens with zero attached hydrogens (tertiary/aromatic N) is 2. The van der Waals surface area contributed by atoms with Gasteiger partial charge in [-0.1, -0.05) is 12.1 Å². The normalized spacial score (nSPS) is 12.1. The van der Waals surface area contributed by atoms with Crippen LogP contribution in [0.25, 0.3) is 0 Å². The van der Waals surface area contributed by atoms with E-state index in [1.54, 1.807) is 12.1 Å². The van der Waals surface area contributed by atoms with Crippen LogP contribution < -0.4 is 10.6 Å². The van der Waals surface area contributed by atoms with E-state index < -0.39 is 0 Å². The molecular weight excluding hydrogens is 255 g/mol. The molecule has 1 aromatic heterocycles. The molecular formula is C15H19FN4. The standard InChI is InChI=1S/C15H19FN4/c1-9-14(17-4)19-11(3)20-15(9)18-10(2)12-5-7-13(16)8-6-12/h5-8,10H,1-4H3,(H2,17,18,19,20). The van der Waals surface area contributed by atoms with Gasteiger partial charge < -0.3 is 10.6 Å². The quantitative estimate of drug-likeness (QED) is 0.896. The lowest BCUT2D eigenvalue weighted by molar-refractivity contribution is 0.626. The number of aryl methyl sites for hydroxylation is 1. The number of hydrogen-bond donors (Lipinski definition) is 2. The summed E-state index contributed by atoms with van der Waals surface area (Å²) >= 11 is 0. The summed E-state index contributed by atoms with van der Waals surface area (Å²) in [5.74, 6) is 2.08. The van der Waals surface area contributed by atoms with Crippen LogP contribution in [0.5, 0.6) is 0 Å². The van der Waals surface area contributed by atoms with Crippen molar-refractivity contribution in [1.29, 1.82) is 0 Å². The molecule has 2 N–H and O–H groups in total. The summed E-state index contributed by atoms with van der Waals surface area (Å²) in [7, 11) is 1.84. The molecule has 5 heteroatoms. The van der Waals surface area contributed by atoms with Crippen LogP contribution in [-0.2, 0) is 0 Å². The van der Waals surface area contributed by atoms with Crippen LogP contribution in [0.2, 0.25) is 0 Å². The molecule has 0 saturated heterocycles. The summed E-state index contributed by atoms with van der Waals surface area (Å²) in [5.41, 5.74) is 1.97. The van der Waals surface area contributed by atoms with Gasteiger partial charge in [0.15, 0.2) is 0 Å². The van der Waals surface area contributed by atoms with Gasteiger partial charge in [-0.15, -0.1) is 0 Å². The van der Waals surface area contributed by atoms with E-state index in [0.29, 0.717) is 5.82 Å². The van der Waals surface area contributed by atoms with Gasteiger partial charge in [0.1, 0.15) is 23.3 Å². The molecule has 1 unspecified atom stereocenters. The van der Waals surface area contributed by atoms with E-state index in [2.05, 4.69) is 20.6 Å². The van der Waals surface area contributed by atoms with E-state index in [-0.39, 0.29) is 11.9 Å². The topological polar surface area (TPSA) is 49.8 Å². The van der Waals surface area contributed by atoms with Crippen molar-refractivity contribution in [3.63, 3.8) is 0 Å². The molecule has 106 valence electrons. The molecule has 1 aromatic carbocycles. The summed E-state index contributed by atoms with van der Waals surface area (Å²) in [5, 5.41) is 6.40. The maximum absolute atomic E-state index is 12.9. The zero-order valence-corrected chi connectivity index (χ0v) is 12.2. The van der Waals surface area contributed by atoms with Crippen LogP contribution in [-0.4, -0.2) is 17.0 Å². The minimum atomic E-state index is -0.229. The SMILES string of the molecule is CNc1nc(C)nc(NC(C)c2ccc(F)cc2)c1C. The fraction of sp³-hybridized carbons (Fsp3) is 0.333. The smallest absolute Gasteiger partial charge is 0.135 e. The largest absolute Gasteiger partial charge is 0.373 e. The lowest BCUT2D eigenvalue weighted by Crippen LogP contribution is -2.12. The number of benzene rings is 1. The molecule has 2 aromatic rings. The third-order valence-corrected chi connectivity index (χ3v) is 3.22. The molecule has 1 atom stereocenters. The Morgan fingerprint density at radius 1 is 1.05 bits per heavy atom. The Bertz CT molecular complexity index is 596. The molecule has 0 spiro atoms. The first kappa shape index (κ1) is 14.2. The molecule has 0 radical (unpaired) electrons. The van der Waals surface area contributed by atoms with Gasteiger partial charge >= 0.3 is 0 Å². The third kappa shape index (κ3) is 3.04. The molecule has 0 bridgehead atoms. The van der Waals surface area contributed by atoms with Gasteiger partial charge in [-0.05, 0) is 38.5 Å². The van der Waals surface area contributed by atoms with Crippen molar-refractivity contribution < 1.29 is 4.39 Å². The van der Waals surface area contributed by atoms with E-state index in [9.17, 15) is 4.39 Å². The monoisotopic (exact) mass is 274 g/mol. The van der Waals surface area contributed by atoms with Crippen LogP contribution in [0.1, 0.15) is 29.9 Å². The van der Waals surface area contributed by atoms with Crippen molar-refractivity contribution >= 4 is 11.6 Å². The predicted molar refractivity (Wildman–Crippen MR) is 79.5 cm³/mol. The summed E-state index contributed by atoms with van der Waals surface area (Å²) in [6, 6.07) is 6.51. The Kier molecular flexibility index (Phi) is 4.17. The molecule has 20 heavy (non-hydrogen) atoms. The Labute approximate surface area is 118 Å². The van der Waals surface area contributed by atoms with Crippen molar-refractivity contribution in [3.8, 4) is 0 Å². The van der Waals surface area contributed by atoms with Gasteiger partial charge in [0.05, 0.1) is 0 Å². The summed E-state index contributed by atoms with van der Waals surface area (Å²) in [4.78, 5) is 8.76. The van der Waals surface area contributed by atoms with Crippen LogP contribution in [0, 0.1) is 19.7 Å². The highest BCUT2D eigenvalue weighted by Gasteiger charge is 2.12. The second kappa shape index (κ2) is 5.86. The Morgan fingerprint density at radius 2 is 1.65 bits per heavy atom. The van der Waals surface area contributed by atoms with Crippen molar-refractivity contribution in [1.82, 2.24) is 9.97 Å². The highest BCUT2D eigenvalue weighted by atomic mass is 19.1. The molecule has 2 rings (SSSR count). The molecule has 4 nitrogen and oxygen atoms in total. The second-order valence-corrected chi connectivity index (χ2v) is 4.76. The fourth-order valence-electron chi connectivity index (χ4n) is 2.05. The van der Waals surface area contributed by atoms with E-state index in [1.165, 1.54) is 12.1 Å². The molecule has 0 aliphatic carbocycles. The minimum absolute atomic E-state index is 0.0355. The average molecular weight is 274 g/mol. The maximum Gasteiger partial charge on any atom is 0.135 e. The number of anilines is 2. The first-order valence-electron chi connectivity index (χ1n) is 6.56.